The van der Waals surface area contributed by atoms with Gasteiger partial charge in [-0.1, -0.05) is 17.7 Å². The Labute approximate surface area is 90.6 Å². The Morgan fingerprint density at radius 3 is 2.00 bits per heavy atom. The van der Waals surface area contributed by atoms with E-state index in [0.29, 0.717) is 12.1 Å². The number of hydrogen-bond donors (Lipinski definition) is 0. The molecule has 0 N–H and O–H groups in total. The van der Waals surface area contributed by atoms with Crippen LogP contribution in [0.15, 0.2) is 18.2 Å². The predicted molar refractivity (Wildman–Crippen MR) is 43.1 cm³/mol. The van der Waals surface area contributed by atoms with Crippen LogP contribution in [0.3, 0.4) is 0 Å². The van der Waals surface area contributed by atoms with Crippen molar-refractivity contribution in [1.29, 1.82) is 0 Å². The number of rotatable bonds is 1. The summed E-state index contributed by atoms with van der Waals surface area (Å²) in [5.41, 5.74) is -1.38. The van der Waals surface area contributed by atoms with E-state index in [2.05, 4.69) is 4.74 Å². The second-order valence-corrected chi connectivity index (χ2v) is 3.04. The molecule has 0 unspecified atom stereocenters. The van der Waals surface area contributed by atoms with Gasteiger partial charge in [-0.3, -0.25) is 0 Å². The lowest BCUT2D eigenvalue weighted by atomic mass is 10.2. The molecule has 0 aliphatic carbocycles. The van der Waals surface area contributed by atoms with Crippen LogP contribution in [-0.4, -0.2) is 6.36 Å². The summed E-state index contributed by atoms with van der Waals surface area (Å²) < 4.78 is 75.4. The molecule has 0 radical (unpaired) electrons. The number of alkyl halides is 6. The van der Waals surface area contributed by atoms with Crippen molar-refractivity contribution in [3.8, 4) is 5.75 Å². The van der Waals surface area contributed by atoms with Crippen LogP contribution in [0.25, 0.3) is 0 Å². The van der Waals surface area contributed by atoms with Gasteiger partial charge < -0.3 is 4.74 Å². The van der Waals surface area contributed by atoms with Gasteiger partial charge in [0.15, 0.2) is 0 Å². The molecule has 1 aromatic carbocycles. The average Bonchev–Trinajstić information content (AvgIpc) is 2.04. The van der Waals surface area contributed by atoms with Crippen molar-refractivity contribution < 1.29 is 31.1 Å². The van der Waals surface area contributed by atoms with Crippen LogP contribution >= 0.6 is 11.6 Å². The highest BCUT2D eigenvalue weighted by Gasteiger charge is 2.37. The molecule has 1 rings (SSSR count). The zero-order chi connectivity index (χ0) is 12.6. The number of hydrogen-bond acceptors (Lipinski definition) is 1. The minimum atomic E-state index is -5.09. The third-order valence-corrected chi connectivity index (χ3v) is 1.88. The quantitative estimate of drug-likeness (QED) is 0.689. The molecule has 90 valence electrons. The van der Waals surface area contributed by atoms with E-state index in [9.17, 15) is 26.3 Å². The van der Waals surface area contributed by atoms with Crippen LogP contribution < -0.4 is 4.74 Å². The summed E-state index contributed by atoms with van der Waals surface area (Å²) in [7, 11) is 0. The summed E-state index contributed by atoms with van der Waals surface area (Å²) >= 11 is 5.15. The smallest absolute Gasteiger partial charge is 0.404 e. The molecule has 0 fully saturated rings. The fraction of sp³-hybridized carbons (Fsp3) is 0.250. The first-order valence-corrected chi connectivity index (χ1v) is 4.10. The molecular formula is C8H3ClF6O. The van der Waals surface area contributed by atoms with E-state index in [1.165, 1.54) is 0 Å². The van der Waals surface area contributed by atoms with Crippen molar-refractivity contribution >= 4 is 11.6 Å². The Balaban J connectivity index is 3.15. The van der Waals surface area contributed by atoms with Crippen molar-refractivity contribution in [3.63, 3.8) is 0 Å². The third-order valence-electron chi connectivity index (χ3n) is 1.49. The highest BCUT2D eigenvalue weighted by atomic mass is 35.5. The lowest BCUT2D eigenvalue weighted by Crippen LogP contribution is -2.18. The monoisotopic (exact) mass is 264 g/mol. The van der Waals surface area contributed by atoms with Crippen LogP contribution in [0.2, 0.25) is 5.02 Å². The van der Waals surface area contributed by atoms with Gasteiger partial charge in [0.2, 0.25) is 0 Å². The first-order chi connectivity index (χ1) is 7.11. The van der Waals surface area contributed by atoms with Crippen LogP contribution in [0.5, 0.6) is 5.75 Å². The van der Waals surface area contributed by atoms with Gasteiger partial charge >= 0.3 is 12.5 Å². The van der Waals surface area contributed by atoms with E-state index in [1.54, 1.807) is 0 Å². The molecule has 0 atom stereocenters. The van der Waals surface area contributed by atoms with E-state index >= 15 is 0 Å². The Bertz CT molecular complexity index is 383. The summed E-state index contributed by atoms with van der Waals surface area (Å²) in [6.07, 6.45) is -9.92. The Morgan fingerprint density at radius 1 is 1.00 bits per heavy atom. The molecule has 1 aromatic rings. The maximum Gasteiger partial charge on any atom is 0.573 e. The first kappa shape index (κ1) is 13.0. The van der Waals surface area contributed by atoms with Crippen molar-refractivity contribution in [2.45, 2.75) is 12.5 Å². The molecule has 0 saturated carbocycles. The molecule has 0 aromatic heterocycles. The molecule has 0 amide bonds. The maximum atomic E-state index is 12.2. The normalized spacial score (nSPS) is 12.7. The molecule has 16 heavy (non-hydrogen) atoms. The average molecular weight is 265 g/mol. The van der Waals surface area contributed by atoms with Crippen molar-refractivity contribution in [2.24, 2.45) is 0 Å². The molecular weight excluding hydrogens is 262 g/mol. The van der Waals surface area contributed by atoms with Gasteiger partial charge in [-0.25, -0.2) is 0 Å². The maximum absolute atomic E-state index is 12.2. The lowest BCUT2D eigenvalue weighted by molar-refractivity contribution is -0.274. The zero-order valence-electron chi connectivity index (χ0n) is 7.29. The Hall–Kier alpha value is -1.11. The molecule has 0 bridgehead atoms. The van der Waals surface area contributed by atoms with Crippen LogP contribution in [0.1, 0.15) is 5.56 Å². The summed E-state index contributed by atoms with van der Waals surface area (Å²) in [6, 6.07) is 2.03. The van der Waals surface area contributed by atoms with Gasteiger partial charge in [0, 0.05) is 0 Å². The standard InChI is InChI=1S/C8H3ClF6O/c9-6-4(7(10,11)12)2-1-3-5(6)16-8(13,14)15/h1-3H. The second-order valence-electron chi connectivity index (χ2n) is 2.66. The largest absolute Gasteiger partial charge is 0.573 e. The number of benzene rings is 1. The minimum absolute atomic E-state index is 0.561. The second kappa shape index (κ2) is 4.04. The van der Waals surface area contributed by atoms with E-state index in [1.807, 2.05) is 0 Å². The van der Waals surface area contributed by atoms with E-state index in [4.69, 9.17) is 11.6 Å². The van der Waals surface area contributed by atoms with Gasteiger partial charge in [-0.15, -0.1) is 13.2 Å². The number of ether oxygens (including phenoxy) is 1. The highest BCUT2D eigenvalue weighted by molar-refractivity contribution is 6.32. The fourth-order valence-corrected chi connectivity index (χ4v) is 1.20. The van der Waals surface area contributed by atoms with Crippen molar-refractivity contribution in [3.05, 3.63) is 28.8 Å². The lowest BCUT2D eigenvalue weighted by Gasteiger charge is -2.14. The topological polar surface area (TPSA) is 9.23 Å². The molecule has 0 heterocycles. The molecule has 8 heteroatoms. The number of halogens is 7. The molecule has 0 aliphatic rings. The van der Waals surface area contributed by atoms with Crippen molar-refractivity contribution in [1.82, 2.24) is 0 Å². The minimum Gasteiger partial charge on any atom is -0.404 e. The molecule has 1 nitrogen and oxygen atoms in total. The molecule has 0 spiro atoms. The summed E-state index contributed by atoms with van der Waals surface area (Å²) in [5, 5.41) is -1.12. The highest BCUT2D eigenvalue weighted by Crippen LogP contribution is 2.40. The Morgan fingerprint density at radius 2 is 1.56 bits per heavy atom. The SMILES string of the molecule is FC(F)(F)Oc1cccc(C(F)(F)F)c1Cl. The van der Waals surface area contributed by atoms with Crippen LogP contribution in [0, 0.1) is 0 Å². The first-order valence-electron chi connectivity index (χ1n) is 3.73. The molecule has 0 aliphatic heterocycles. The zero-order valence-corrected chi connectivity index (χ0v) is 8.04. The van der Waals surface area contributed by atoms with Crippen LogP contribution in [-0.2, 0) is 6.18 Å². The summed E-state index contributed by atoms with van der Waals surface area (Å²) in [4.78, 5) is 0. The van der Waals surface area contributed by atoms with E-state index < -0.39 is 28.9 Å². The van der Waals surface area contributed by atoms with Crippen molar-refractivity contribution in [2.75, 3.05) is 0 Å². The Kier molecular flexibility index (Phi) is 3.27. The summed E-state index contributed by atoms with van der Waals surface area (Å²) in [6.45, 7) is 0. The van der Waals surface area contributed by atoms with Gasteiger partial charge in [0.25, 0.3) is 0 Å². The predicted octanol–water partition coefficient (Wildman–Crippen LogP) is 4.26. The van der Waals surface area contributed by atoms with Gasteiger partial charge in [-0.05, 0) is 12.1 Å². The fourth-order valence-electron chi connectivity index (χ4n) is 0.933. The van der Waals surface area contributed by atoms with Gasteiger partial charge in [0.1, 0.15) is 5.75 Å². The van der Waals surface area contributed by atoms with Crippen LogP contribution in [0.4, 0.5) is 26.3 Å². The summed E-state index contributed by atoms with van der Waals surface area (Å²) in [5.74, 6) is -1.08. The van der Waals surface area contributed by atoms with E-state index in [0.717, 1.165) is 6.07 Å². The van der Waals surface area contributed by atoms with Gasteiger partial charge in [-0.2, -0.15) is 13.2 Å². The third kappa shape index (κ3) is 3.19. The van der Waals surface area contributed by atoms with Gasteiger partial charge in [0.05, 0.1) is 10.6 Å². The molecule has 0 saturated heterocycles. The van der Waals surface area contributed by atoms with E-state index in [-0.39, 0.29) is 0 Å².